The van der Waals surface area contributed by atoms with Crippen LogP contribution in [0.1, 0.15) is 15.9 Å². The molecule has 0 aliphatic carbocycles. The first-order valence-electron chi connectivity index (χ1n) is 6.19. The zero-order valence-corrected chi connectivity index (χ0v) is 10.6. The molecule has 1 heterocycles. The van der Waals surface area contributed by atoms with Crippen LogP contribution in [0.2, 0.25) is 0 Å². The van der Waals surface area contributed by atoms with Gasteiger partial charge in [0.05, 0.1) is 5.52 Å². The first-order chi connectivity index (χ1) is 9.28. The molecule has 0 saturated carbocycles. The van der Waals surface area contributed by atoms with Crippen molar-refractivity contribution in [3.05, 3.63) is 65.9 Å². The maximum atomic E-state index is 11.2. The molecule has 2 nitrogen and oxygen atoms in total. The SMILES string of the molecule is Cc1ccc(C=O)c(-c2ccc3ncccc3c2)c1. The predicted octanol–water partition coefficient (Wildman–Crippen LogP) is 4.02. The van der Waals surface area contributed by atoms with Crippen molar-refractivity contribution in [1.82, 2.24) is 4.98 Å². The highest BCUT2D eigenvalue weighted by Crippen LogP contribution is 2.26. The summed E-state index contributed by atoms with van der Waals surface area (Å²) in [4.78, 5) is 15.5. The molecule has 0 atom stereocenters. The van der Waals surface area contributed by atoms with Crippen LogP contribution in [-0.4, -0.2) is 11.3 Å². The van der Waals surface area contributed by atoms with Gasteiger partial charge in [-0.2, -0.15) is 0 Å². The van der Waals surface area contributed by atoms with Crippen molar-refractivity contribution in [2.75, 3.05) is 0 Å². The molecule has 0 bridgehead atoms. The number of rotatable bonds is 2. The van der Waals surface area contributed by atoms with E-state index in [1.807, 2.05) is 49.4 Å². The second-order valence-corrected chi connectivity index (χ2v) is 4.62. The molecule has 19 heavy (non-hydrogen) atoms. The number of pyridine rings is 1. The first-order valence-corrected chi connectivity index (χ1v) is 6.19. The minimum Gasteiger partial charge on any atom is -0.298 e. The molecule has 1 aromatic heterocycles. The summed E-state index contributed by atoms with van der Waals surface area (Å²) >= 11 is 0. The van der Waals surface area contributed by atoms with Crippen molar-refractivity contribution in [3.8, 4) is 11.1 Å². The molecule has 0 unspecified atom stereocenters. The summed E-state index contributed by atoms with van der Waals surface area (Å²) in [6.07, 6.45) is 2.69. The molecule has 3 aromatic rings. The standard InChI is InChI=1S/C17H13NO/c1-12-4-5-15(11-19)16(9-12)13-6-7-17-14(10-13)3-2-8-18-17/h2-11H,1H3. The highest BCUT2D eigenvalue weighted by molar-refractivity contribution is 5.91. The Morgan fingerprint density at radius 2 is 1.95 bits per heavy atom. The maximum absolute atomic E-state index is 11.2. The van der Waals surface area contributed by atoms with Crippen LogP contribution < -0.4 is 0 Å². The third-order valence-electron chi connectivity index (χ3n) is 3.25. The van der Waals surface area contributed by atoms with E-state index in [1.54, 1.807) is 6.20 Å². The van der Waals surface area contributed by atoms with Crippen LogP contribution in [0.3, 0.4) is 0 Å². The molecule has 0 N–H and O–H groups in total. The Morgan fingerprint density at radius 3 is 2.79 bits per heavy atom. The number of benzene rings is 2. The lowest BCUT2D eigenvalue weighted by Gasteiger charge is -2.07. The molecule has 92 valence electrons. The Labute approximate surface area is 111 Å². The van der Waals surface area contributed by atoms with Crippen LogP contribution in [0.4, 0.5) is 0 Å². The van der Waals surface area contributed by atoms with Gasteiger partial charge < -0.3 is 0 Å². The van der Waals surface area contributed by atoms with Gasteiger partial charge in [0, 0.05) is 17.1 Å². The van der Waals surface area contributed by atoms with E-state index in [9.17, 15) is 4.79 Å². The van der Waals surface area contributed by atoms with Crippen molar-refractivity contribution in [3.63, 3.8) is 0 Å². The van der Waals surface area contributed by atoms with Crippen molar-refractivity contribution >= 4 is 17.2 Å². The molecule has 0 aliphatic rings. The number of fused-ring (bicyclic) bond motifs is 1. The monoisotopic (exact) mass is 247 g/mol. The van der Waals surface area contributed by atoms with Gasteiger partial charge in [-0.3, -0.25) is 9.78 Å². The molecule has 0 radical (unpaired) electrons. The Hall–Kier alpha value is -2.48. The van der Waals surface area contributed by atoms with Gasteiger partial charge in [0.1, 0.15) is 0 Å². The lowest BCUT2D eigenvalue weighted by molar-refractivity contribution is 0.112. The van der Waals surface area contributed by atoms with E-state index in [0.717, 1.165) is 33.9 Å². The number of hydrogen-bond acceptors (Lipinski definition) is 2. The highest BCUT2D eigenvalue weighted by Gasteiger charge is 2.06. The summed E-state index contributed by atoms with van der Waals surface area (Å²) in [5.74, 6) is 0. The van der Waals surface area contributed by atoms with Gasteiger partial charge in [-0.15, -0.1) is 0 Å². The van der Waals surface area contributed by atoms with E-state index < -0.39 is 0 Å². The normalized spacial score (nSPS) is 10.6. The number of carbonyl (C=O) groups is 1. The van der Waals surface area contributed by atoms with Gasteiger partial charge in [0.2, 0.25) is 0 Å². The Bertz CT molecular complexity index is 762. The lowest BCUT2D eigenvalue weighted by Crippen LogP contribution is -1.89. The minimum absolute atomic E-state index is 0.717. The van der Waals surface area contributed by atoms with E-state index in [0.29, 0.717) is 5.56 Å². The molecule has 0 aliphatic heterocycles. The third kappa shape index (κ3) is 2.13. The van der Waals surface area contributed by atoms with Crippen molar-refractivity contribution < 1.29 is 4.79 Å². The van der Waals surface area contributed by atoms with Crippen LogP contribution in [0.15, 0.2) is 54.7 Å². The summed E-state index contributed by atoms with van der Waals surface area (Å²) in [5, 5.41) is 1.08. The van der Waals surface area contributed by atoms with Gasteiger partial charge >= 0.3 is 0 Å². The van der Waals surface area contributed by atoms with Gasteiger partial charge in [0.15, 0.2) is 6.29 Å². The summed E-state index contributed by atoms with van der Waals surface area (Å²) in [6, 6.07) is 15.9. The number of nitrogens with zero attached hydrogens (tertiary/aromatic N) is 1. The molecule has 0 spiro atoms. The van der Waals surface area contributed by atoms with Crippen molar-refractivity contribution in [1.29, 1.82) is 0 Å². The fraction of sp³-hybridized carbons (Fsp3) is 0.0588. The number of hydrogen-bond donors (Lipinski definition) is 0. The van der Waals surface area contributed by atoms with Crippen molar-refractivity contribution in [2.24, 2.45) is 0 Å². The number of aryl methyl sites for hydroxylation is 1. The molecule has 0 saturated heterocycles. The van der Waals surface area contributed by atoms with Crippen LogP contribution in [0, 0.1) is 6.92 Å². The van der Waals surface area contributed by atoms with Gasteiger partial charge in [0.25, 0.3) is 0 Å². The van der Waals surface area contributed by atoms with E-state index >= 15 is 0 Å². The fourth-order valence-electron chi connectivity index (χ4n) is 2.27. The van der Waals surface area contributed by atoms with Crippen molar-refractivity contribution in [2.45, 2.75) is 6.92 Å². The number of aromatic nitrogens is 1. The Kier molecular flexibility index (Phi) is 2.84. The summed E-state index contributed by atoms with van der Waals surface area (Å²) in [6.45, 7) is 2.03. The average molecular weight is 247 g/mol. The van der Waals surface area contributed by atoms with E-state index in [-0.39, 0.29) is 0 Å². The molecule has 2 aromatic carbocycles. The van der Waals surface area contributed by atoms with Crippen LogP contribution in [-0.2, 0) is 0 Å². The highest BCUT2D eigenvalue weighted by atomic mass is 16.1. The average Bonchev–Trinajstić information content (AvgIpc) is 2.46. The van der Waals surface area contributed by atoms with Crippen LogP contribution in [0.5, 0.6) is 0 Å². The molecular formula is C17H13NO. The smallest absolute Gasteiger partial charge is 0.150 e. The van der Waals surface area contributed by atoms with Gasteiger partial charge in [-0.05, 0) is 36.2 Å². The number of carbonyl (C=O) groups excluding carboxylic acids is 1. The third-order valence-corrected chi connectivity index (χ3v) is 3.25. The van der Waals surface area contributed by atoms with E-state index in [4.69, 9.17) is 0 Å². The second kappa shape index (κ2) is 4.65. The van der Waals surface area contributed by atoms with Crippen LogP contribution in [0.25, 0.3) is 22.0 Å². The molecule has 0 fully saturated rings. The van der Waals surface area contributed by atoms with Crippen LogP contribution >= 0.6 is 0 Å². The second-order valence-electron chi connectivity index (χ2n) is 4.62. The first kappa shape index (κ1) is 11.6. The van der Waals surface area contributed by atoms with Gasteiger partial charge in [-0.1, -0.05) is 35.9 Å². The molecular weight excluding hydrogens is 234 g/mol. The predicted molar refractivity (Wildman–Crippen MR) is 77.3 cm³/mol. The van der Waals surface area contributed by atoms with Gasteiger partial charge in [-0.25, -0.2) is 0 Å². The summed E-state index contributed by atoms with van der Waals surface area (Å²) < 4.78 is 0. The summed E-state index contributed by atoms with van der Waals surface area (Å²) in [7, 11) is 0. The van der Waals surface area contributed by atoms with E-state index in [1.165, 1.54) is 0 Å². The Morgan fingerprint density at radius 1 is 1.05 bits per heavy atom. The molecule has 0 amide bonds. The zero-order chi connectivity index (χ0) is 13.2. The topological polar surface area (TPSA) is 30.0 Å². The minimum atomic E-state index is 0.717. The Balaban J connectivity index is 2.24. The zero-order valence-electron chi connectivity index (χ0n) is 10.6. The maximum Gasteiger partial charge on any atom is 0.150 e. The molecule has 2 heteroatoms. The largest absolute Gasteiger partial charge is 0.298 e. The lowest BCUT2D eigenvalue weighted by atomic mass is 9.97. The molecule has 3 rings (SSSR count). The van der Waals surface area contributed by atoms with E-state index in [2.05, 4.69) is 11.1 Å². The fourth-order valence-corrected chi connectivity index (χ4v) is 2.27. The summed E-state index contributed by atoms with van der Waals surface area (Å²) in [5.41, 5.74) is 4.85. The number of aldehydes is 1. The quantitative estimate of drug-likeness (QED) is 0.640.